The summed E-state index contributed by atoms with van der Waals surface area (Å²) in [5.74, 6) is 1.90. The summed E-state index contributed by atoms with van der Waals surface area (Å²) in [5, 5.41) is 15.0. The number of aromatic nitrogens is 3. The van der Waals surface area contributed by atoms with Crippen molar-refractivity contribution in [2.75, 3.05) is 35.7 Å². The monoisotopic (exact) mass is 465 g/mol. The van der Waals surface area contributed by atoms with Gasteiger partial charge in [0.2, 0.25) is 11.9 Å². The van der Waals surface area contributed by atoms with Gasteiger partial charge in [0.1, 0.15) is 0 Å². The molecule has 1 N–H and O–H groups in total. The third-order valence-electron chi connectivity index (χ3n) is 6.57. The molecule has 2 fully saturated rings. The van der Waals surface area contributed by atoms with E-state index in [2.05, 4.69) is 44.0 Å². The summed E-state index contributed by atoms with van der Waals surface area (Å²) < 4.78 is 8.07. The Morgan fingerprint density at radius 1 is 1.12 bits per heavy atom. The van der Waals surface area contributed by atoms with Crippen molar-refractivity contribution < 1.29 is 9.53 Å². The number of piperidine rings is 1. The van der Waals surface area contributed by atoms with Crippen LogP contribution < -0.4 is 10.2 Å². The predicted molar refractivity (Wildman–Crippen MR) is 133 cm³/mol. The maximum Gasteiger partial charge on any atom is 0.234 e. The average Bonchev–Trinajstić information content (AvgIpc) is 3.49. The highest BCUT2D eigenvalue weighted by atomic mass is 32.2. The summed E-state index contributed by atoms with van der Waals surface area (Å²) in [5.41, 5.74) is 0.836. The molecule has 2 aromatic carbocycles. The van der Waals surface area contributed by atoms with Crippen molar-refractivity contribution in [3.05, 3.63) is 42.5 Å². The van der Waals surface area contributed by atoms with Gasteiger partial charge in [0, 0.05) is 30.8 Å². The molecule has 5 rings (SSSR count). The molecule has 0 radical (unpaired) electrons. The lowest BCUT2D eigenvalue weighted by Crippen LogP contribution is -2.35. The van der Waals surface area contributed by atoms with Gasteiger partial charge in [0.05, 0.1) is 18.4 Å². The molecule has 1 aromatic heterocycles. The van der Waals surface area contributed by atoms with Crippen LogP contribution in [0.3, 0.4) is 0 Å². The Morgan fingerprint density at radius 2 is 1.94 bits per heavy atom. The number of nitrogens with one attached hydrogen (secondary N) is 1. The van der Waals surface area contributed by atoms with Gasteiger partial charge in [-0.05, 0) is 43.1 Å². The smallest absolute Gasteiger partial charge is 0.234 e. The molecule has 2 saturated heterocycles. The fraction of sp³-hybridized carbons (Fsp3) is 0.480. The van der Waals surface area contributed by atoms with Gasteiger partial charge in [-0.15, -0.1) is 10.2 Å². The van der Waals surface area contributed by atoms with Crippen molar-refractivity contribution in [3.8, 4) is 0 Å². The molecule has 33 heavy (non-hydrogen) atoms. The highest BCUT2D eigenvalue weighted by Gasteiger charge is 2.26. The van der Waals surface area contributed by atoms with Gasteiger partial charge in [-0.1, -0.05) is 55.1 Å². The van der Waals surface area contributed by atoms with Crippen LogP contribution in [0.1, 0.15) is 32.6 Å². The highest BCUT2D eigenvalue weighted by Crippen LogP contribution is 2.29. The van der Waals surface area contributed by atoms with Crippen LogP contribution in [0.5, 0.6) is 0 Å². The van der Waals surface area contributed by atoms with E-state index < -0.39 is 0 Å². The third kappa shape index (κ3) is 5.17. The second-order valence-corrected chi connectivity index (χ2v) is 10.0. The van der Waals surface area contributed by atoms with Gasteiger partial charge in [0.25, 0.3) is 0 Å². The van der Waals surface area contributed by atoms with E-state index in [4.69, 9.17) is 4.74 Å². The van der Waals surface area contributed by atoms with E-state index >= 15 is 0 Å². The molecule has 3 aromatic rings. The zero-order chi connectivity index (χ0) is 22.6. The molecule has 0 unspecified atom stereocenters. The van der Waals surface area contributed by atoms with E-state index in [9.17, 15) is 4.79 Å². The molecule has 3 heterocycles. The van der Waals surface area contributed by atoms with E-state index in [0.29, 0.717) is 0 Å². The van der Waals surface area contributed by atoms with Crippen LogP contribution in [0, 0.1) is 5.92 Å². The normalized spacial score (nSPS) is 19.3. The van der Waals surface area contributed by atoms with E-state index in [1.54, 1.807) is 0 Å². The maximum atomic E-state index is 12.8. The van der Waals surface area contributed by atoms with Gasteiger partial charge in [-0.2, -0.15) is 0 Å². The zero-order valence-electron chi connectivity index (χ0n) is 19.1. The Hall–Kier alpha value is -2.58. The molecule has 0 aliphatic carbocycles. The Balaban J connectivity index is 1.29. The summed E-state index contributed by atoms with van der Waals surface area (Å²) in [6.07, 6.45) is 4.68. The molecule has 0 bridgehead atoms. The maximum absolute atomic E-state index is 12.8. The molecular formula is C25H31N5O2S. The van der Waals surface area contributed by atoms with E-state index in [1.807, 2.05) is 30.3 Å². The lowest BCUT2D eigenvalue weighted by Gasteiger charge is -2.31. The summed E-state index contributed by atoms with van der Waals surface area (Å²) in [6.45, 7) is 5.86. The number of anilines is 2. The van der Waals surface area contributed by atoms with Crippen LogP contribution in [0.2, 0.25) is 0 Å². The van der Waals surface area contributed by atoms with E-state index in [1.165, 1.54) is 24.6 Å². The number of hydrogen-bond donors (Lipinski definition) is 1. The molecule has 8 heteroatoms. The van der Waals surface area contributed by atoms with E-state index in [0.717, 1.165) is 72.6 Å². The quantitative estimate of drug-likeness (QED) is 0.515. The van der Waals surface area contributed by atoms with Crippen LogP contribution >= 0.6 is 11.8 Å². The summed E-state index contributed by atoms with van der Waals surface area (Å²) in [4.78, 5) is 15.1. The van der Waals surface area contributed by atoms with E-state index in [-0.39, 0.29) is 17.8 Å². The van der Waals surface area contributed by atoms with Crippen LogP contribution in [-0.4, -0.2) is 52.2 Å². The number of nitrogens with zero attached hydrogens (tertiary/aromatic N) is 4. The number of hydrogen-bond acceptors (Lipinski definition) is 6. The average molecular weight is 466 g/mol. The van der Waals surface area contributed by atoms with Gasteiger partial charge in [0.15, 0.2) is 5.16 Å². The molecule has 2 aliphatic rings. The molecule has 1 atom stereocenters. The van der Waals surface area contributed by atoms with Crippen molar-refractivity contribution >= 4 is 40.1 Å². The third-order valence-corrected chi connectivity index (χ3v) is 7.54. The molecule has 2 aliphatic heterocycles. The zero-order valence-corrected chi connectivity index (χ0v) is 19.9. The van der Waals surface area contributed by atoms with Crippen molar-refractivity contribution in [2.45, 2.75) is 50.4 Å². The van der Waals surface area contributed by atoms with Crippen molar-refractivity contribution in [3.63, 3.8) is 0 Å². The first-order valence-corrected chi connectivity index (χ1v) is 12.9. The minimum Gasteiger partial charge on any atom is -0.376 e. The lowest BCUT2D eigenvalue weighted by molar-refractivity contribution is -0.113. The minimum atomic E-state index is -0.0450. The number of fused-ring (bicyclic) bond motifs is 1. The molecule has 174 valence electrons. The SMILES string of the molecule is CC1CCN(c2nnc(SCC(=O)Nc3cccc4ccccc34)n2C[C@H]2CCCO2)CC1. The molecular weight excluding hydrogens is 434 g/mol. The number of benzene rings is 2. The molecule has 0 saturated carbocycles. The number of thioether (sulfide) groups is 1. The second kappa shape index (κ2) is 10.1. The van der Waals surface area contributed by atoms with Crippen LogP contribution in [0.4, 0.5) is 11.6 Å². The van der Waals surface area contributed by atoms with Gasteiger partial charge in [-0.3, -0.25) is 9.36 Å². The Bertz CT molecular complexity index is 1100. The Morgan fingerprint density at radius 3 is 2.76 bits per heavy atom. The summed E-state index contributed by atoms with van der Waals surface area (Å²) in [6, 6.07) is 14.0. The second-order valence-electron chi connectivity index (χ2n) is 9.06. The molecule has 7 nitrogen and oxygen atoms in total. The predicted octanol–water partition coefficient (Wildman–Crippen LogP) is 4.58. The number of ether oxygens (including phenoxy) is 1. The lowest BCUT2D eigenvalue weighted by atomic mass is 10.00. The first-order valence-electron chi connectivity index (χ1n) is 11.9. The van der Waals surface area contributed by atoms with Crippen LogP contribution in [0.25, 0.3) is 10.8 Å². The van der Waals surface area contributed by atoms with Crippen LogP contribution in [0.15, 0.2) is 47.6 Å². The molecule has 0 spiro atoms. The number of rotatable bonds is 7. The molecule has 1 amide bonds. The first kappa shape index (κ1) is 22.2. The summed E-state index contributed by atoms with van der Waals surface area (Å²) in [7, 11) is 0. The van der Waals surface area contributed by atoms with Gasteiger partial charge >= 0.3 is 0 Å². The Labute approximate surface area is 198 Å². The van der Waals surface area contributed by atoms with Crippen LogP contribution in [-0.2, 0) is 16.1 Å². The van der Waals surface area contributed by atoms with Crippen molar-refractivity contribution in [1.29, 1.82) is 0 Å². The van der Waals surface area contributed by atoms with Crippen molar-refractivity contribution in [1.82, 2.24) is 14.8 Å². The first-order chi connectivity index (χ1) is 16.2. The fourth-order valence-corrected chi connectivity index (χ4v) is 5.38. The van der Waals surface area contributed by atoms with Gasteiger partial charge < -0.3 is 15.0 Å². The largest absolute Gasteiger partial charge is 0.376 e. The fourth-order valence-electron chi connectivity index (χ4n) is 4.63. The minimum absolute atomic E-state index is 0.0450. The summed E-state index contributed by atoms with van der Waals surface area (Å²) >= 11 is 1.44. The topological polar surface area (TPSA) is 72.3 Å². The Kier molecular flexibility index (Phi) is 6.83. The number of carbonyl (C=O) groups is 1. The van der Waals surface area contributed by atoms with Gasteiger partial charge in [-0.25, -0.2) is 0 Å². The van der Waals surface area contributed by atoms with Crippen molar-refractivity contribution in [2.24, 2.45) is 5.92 Å². The highest BCUT2D eigenvalue weighted by molar-refractivity contribution is 7.99. The number of amides is 1. The number of carbonyl (C=O) groups excluding carboxylic acids is 1. The standard InChI is InChI=1S/C25H31N5O2S/c1-18-11-13-29(14-12-18)24-27-28-25(30(24)16-20-8-5-15-32-20)33-17-23(31)26-22-10-4-7-19-6-2-3-9-21(19)22/h2-4,6-7,9-10,18,20H,5,8,11-17H2,1H3,(H,26,31)/t20-/m1/s1.